The molecule has 0 radical (unpaired) electrons. The predicted molar refractivity (Wildman–Crippen MR) is 170 cm³/mol. The molecule has 0 fully saturated rings. The zero-order chi connectivity index (χ0) is 31.0. The van der Waals surface area contributed by atoms with E-state index in [0.717, 1.165) is 38.3 Å². The highest BCUT2D eigenvalue weighted by Gasteiger charge is 2.32. The molecule has 10 heteroatoms. The largest absolute Gasteiger partial charge is 0.395 e. The minimum atomic E-state index is -0.679. The number of carbonyl (C=O) groups is 3. The summed E-state index contributed by atoms with van der Waals surface area (Å²) in [6, 6.07) is 21.1. The van der Waals surface area contributed by atoms with Gasteiger partial charge >= 0.3 is 6.03 Å². The molecule has 3 aromatic carbocycles. The summed E-state index contributed by atoms with van der Waals surface area (Å²) in [6.07, 6.45) is 2.57. The van der Waals surface area contributed by atoms with Gasteiger partial charge in [0.05, 0.1) is 6.61 Å². The Morgan fingerprint density at radius 2 is 1.79 bits per heavy atom. The van der Waals surface area contributed by atoms with E-state index in [1.54, 1.807) is 30.5 Å². The van der Waals surface area contributed by atoms with Crippen LogP contribution >= 0.6 is 11.8 Å². The zero-order valence-electron chi connectivity index (χ0n) is 25.0. The van der Waals surface area contributed by atoms with Crippen LogP contribution in [-0.4, -0.2) is 58.8 Å². The highest BCUT2D eigenvalue weighted by atomic mass is 32.2. The van der Waals surface area contributed by atoms with Crippen molar-refractivity contribution in [1.29, 1.82) is 0 Å². The fourth-order valence-electron chi connectivity index (χ4n) is 5.16. The smallest absolute Gasteiger partial charge is 0.315 e. The Labute approximate surface area is 257 Å². The standard InChI is InChI=1S/C33H41N5O4S/c1-33(2,34)18-30(40)37-29-17-26-16-27(43-3)13-12-25(26)21-38(31(29)41)20-22-8-10-23(11-9-22)28-7-5-4-6-24(28)19-36-32(42)35-14-15-39/h4-13,16,29,39H,14-15,17-21,34H2,1-3H3,(H,37,40)(H2,35,36,42)/t29-/m1/s1. The predicted octanol–water partition coefficient (Wildman–Crippen LogP) is 3.56. The van der Waals surface area contributed by atoms with Crippen molar-refractivity contribution in [2.24, 2.45) is 5.73 Å². The van der Waals surface area contributed by atoms with E-state index >= 15 is 0 Å². The topological polar surface area (TPSA) is 137 Å². The van der Waals surface area contributed by atoms with Crippen LogP contribution in [0.3, 0.4) is 0 Å². The van der Waals surface area contributed by atoms with E-state index in [0.29, 0.717) is 26.1 Å². The molecule has 6 N–H and O–H groups in total. The van der Waals surface area contributed by atoms with E-state index in [-0.39, 0.29) is 37.4 Å². The summed E-state index contributed by atoms with van der Waals surface area (Å²) in [5.74, 6) is -0.358. The lowest BCUT2D eigenvalue weighted by atomic mass is 9.98. The van der Waals surface area contributed by atoms with Crippen molar-refractivity contribution in [2.45, 2.75) is 62.8 Å². The molecule has 0 saturated heterocycles. The number of aliphatic hydroxyl groups excluding tert-OH is 1. The molecule has 228 valence electrons. The summed E-state index contributed by atoms with van der Waals surface area (Å²) in [5.41, 5.74) is 11.4. The maximum atomic E-state index is 13.8. The molecule has 0 saturated carbocycles. The molecule has 0 aliphatic carbocycles. The van der Waals surface area contributed by atoms with Crippen LogP contribution < -0.4 is 21.7 Å². The highest BCUT2D eigenvalue weighted by Crippen LogP contribution is 2.28. The van der Waals surface area contributed by atoms with Gasteiger partial charge in [-0.3, -0.25) is 9.59 Å². The van der Waals surface area contributed by atoms with E-state index in [9.17, 15) is 14.4 Å². The lowest BCUT2D eigenvalue weighted by Crippen LogP contribution is -2.50. The molecule has 1 aliphatic rings. The number of carbonyl (C=O) groups excluding carboxylic acids is 3. The number of amides is 4. The number of hydrogen-bond donors (Lipinski definition) is 5. The van der Waals surface area contributed by atoms with Crippen molar-refractivity contribution in [3.8, 4) is 11.1 Å². The molecule has 1 heterocycles. The molecule has 4 amide bonds. The SMILES string of the molecule is CSc1ccc2c(c1)C[C@@H](NC(=O)CC(C)(C)N)C(=O)N(Cc1ccc(-c3ccccc3CNC(=O)NCCO)cc1)C2. The molecule has 0 bridgehead atoms. The van der Waals surface area contributed by atoms with Crippen molar-refractivity contribution in [3.63, 3.8) is 0 Å². The lowest BCUT2D eigenvalue weighted by molar-refractivity contribution is -0.137. The Morgan fingerprint density at radius 1 is 1.05 bits per heavy atom. The Morgan fingerprint density at radius 3 is 2.49 bits per heavy atom. The fraction of sp³-hybridized carbons (Fsp3) is 0.364. The van der Waals surface area contributed by atoms with Crippen LogP contribution in [-0.2, 0) is 35.6 Å². The van der Waals surface area contributed by atoms with E-state index in [1.807, 2.05) is 54.8 Å². The minimum absolute atomic E-state index is 0.118. The summed E-state index contributed by atoms with van der Waals surface area (Å²) in [6.45, 7) is 4.84. The highest BCUT2D eigenvalue weighted by molar-refractivity contribution is 7.98. The minimum Gasteiger partial charge on any atom is -0.395 e. The number of fused-ring (bicyclic) bond motifs is 1. The van der Waals surface area contributed by atoms with Gasteiger partial charge in [0.2, 0.25) is 11.8 Å². The second-order valence-corrected chi connectivity index (χ2v) is 12.4. The summed E-state index contributed by atoms with van der Waals surface area (Å²) in [4.78, 5) is 41.5. The third kappa shape index (κ3) is 9.06. The van der Waals surface area contributed by atoms with Gasteiger partial charge in [0.15, 0.2) is 0 Å². The van der Waals surface area contributed by atoms with Gasteiger partial charge in [-0.15, -0.1) is 11.8 Å². The van der Waals surface area contributed by atoms with Crippen LogP contribution in [0.2, 0.25) is 0 Å². The van der Waals surface area contributed by atoms with E-state index < -0.39 is 11.6 Å². The van der Waals surface area contributed by atoms with Gasteiger partial charge in [-0.2, -0.15) is 0 Å². The second kappa shape index (κ2) is 14.5. The lowest BCUT2D eigenvalue weighted by Gasteiger charge is -2.26. The normalized spacial score (nSPS) is 15.0. The number of nitrogens with two attached hydrogens (primary N) is 1. The Balaban J connectivity index is 1.53. The first kappa shape index (κ1) is 32.1. The maximum absolute atomic E-state index is 13.8. The number of hydrogen-bond acceptors (Lipinski definition) is 6. The molecule has 1 atom stereocenters. The molecular weight excluding hydrogens is 562 g/mol. The quantitative estimate of drug-likeness (QED) is 0.213. The molecule has 3 aromatic rings. The third-order valence-electron chi connectivity index (χ3n) is 7.25. The monoisotopic (exact) mass is 603 g/mol. The molecule has 0 unspecified atom stereocenters. The number of aliphatic hydroxyl groups is 1. The van der Waals surface area contributed by atoms with Gasteiger partial charge in [-0.1, -0.05) is 54.6 Å². The molecule has 0 spiro atoms. The van der Waals surface area contributed by atoms with Crippen molar-refractivity contribution in [2.75, 3.05) is 19.4 Å². The van der Waals surface area contributed by atoms with E-state index in [4.69, 9.17) is 10.8 Å². The van der Waals surface area contributed by atoms with Crippen molar-refractivity contribution < 1.29 is 19.5 Å². The van der Waals surface area contributed by atoms with Gasteiger partial charge in [0.25, 0.3) is 0 Å². The summed E-state index contributed by atoms with van der Waals surface area (Å²) in [5, 5.41) is 17.3. The van der Waals surface area contributed by atoms with Crippen LogP contribution in [0.5, 0.6) is 0 Å². The average molecular weight is 604 g/mol. The van der Waals surface area contributed by atoms with Gasteiger partial charge in [0, 0.05) is 49.5 Å². The van der Waals surface area contributed by atoms with Gasteiger partial charge < -0.3 is 31.7 Å². The molecule has 1 aliphatic heterocycles. The number of nitrogens with zero attached hydrogens (tertiary/aromatic N) is 1. The van der Waals surface area contributed by atoms with Crippen molar-refractivity contribution in [3.05, 3.63) is 89.0 Å². The number of urea groups is 1. The van der Waals surface area contributed by atoms with Crippen LogP contribution in [0.15, 0.2) is 71.6 Å². The van der Waals surface area contributed by atoms with Crippen LogP contribution in [0.25, 0.3) is 11.1 Å². The molecule has 0 aromatic heterocycles. The Hall–Kier alpha value is -3.86. The number of thioether (sulfide) groups is 1. The first-order chi connectivity index (χ1) is 20.6. The van der Waals surface area contributed by atoms with Gasteiger partial charge in [0.1, 0.15) is 6.04 Å². The van der Waals surface area contributed by atoms with Crippen molar-refractivity contribution in [1.82, 2.24) is 20.9 Å². The van der Waals surface area contributed by atoms with Crippen LogP contribution in [0.1, 0.15) is 42.5 Å². The second-order valence-electron chi connectivity index (χ2n) is 11.5. The third-order valence-corrected chi connectivity index (χ3v) is 7.98. The van der Waals surface area contributed by atoms with Gasteiger partial charge in [-0.05, 0) is 65.6 Å². The molecule has 4 rings (SSSR count). The molecule has 9 nitrogen and oxygen atoms in total. The van der Waals surface area contributed by atoms with Gasteiger partial charge in [-0.25, -0.2) is 4.79 Å². The maximum Gasteiger partial charge on any atom is 0.315 e. The fourth-order valence-corrected chi connectivity index (χ4v) is 5.63. The molecule has 43 heavy (non-hydrogen) atoms. The Kier molecular flexibility index (Phi) is 10.8. The summed E-state index contributed by atoms with van der Waals surface area (Å²) in [7, 11) is 0. The van der Waals surface area contributed by atoms with E-state index in [1.165, 1.54) is 0 Å². The van der Waals surface area contributed by atoms with E-state index in [2.05, 4.69) is 34.1 Å². The van der Waals surface area contributed by atoms with Crippen LogP contribution in [0.4, 0.5) is 4.79 Å². The Bertz CT molecular complexity index is 1440. The first-order valence-corrected chi connectivity index (χ1v) is 15.6. The average Bonchev–Trinajstić information content (AvgIpc) is 3.10. The zero-order valence-corrected chi connectivity index (χ0v) is 25.8. The summed E-state index contributed by atoms with van der Waals surface area (Å²) >= 11 is 1.65. The first-order valence-electron chi connectivity index (χ1n) is 14.4. The van der Waals surface area contributed by atoms with Crippen LogP contribution in [0, 0.1) is 0 Å². The number of rotatable bonds is 11. The summed E-state index contributed by atoms with van der Waals surface area (Å²) < 4.78 is 0. The number of benzene rings is 3. The van der Waals surface area contributed by atoms with Crippen molar-refractivity contribution >= 4 is 29.6 Å². The molecular formula is C33H41N5O4S. The number of nitrogens with one attached hydrogen (secondary N) is 3.